The maximum atomic E-state index is 11.9. The van der Waals surface area contributed by atoms with E-state index in [-0.39, 0.29) is 10.6 Å². The van der Waals surface area contributed by atoms with E-state index in [4.69, 9.17) is 11.6 Å². The summed E-state index contributed by atoms with van der Waals surface area (Å²) in [6, 6.07) is 9.82. The van der Waals surface area contributed by atoms with Crippen molar-refractivity contribution in [1.29, 1.82) is 0 Å². The van der Waals surface area contributed by atoms with Crippen molar-refractivity contribution < 1.29 is 10.0 Å². The van der Waals surface area contributed by atoms with Crippen molar-refractivity contribution in [3.05, 3.63) is 62.7 Å². The zero-order valence-corrected chi connectivity index (χ0v) is 11.8. The number of anilines is 1. The molecule has 0 atom stereocenters. The van der Waals surface area contributed by atoms with Crippen LogP contribution in [0.15, 0.2) is 41.5 Å². The van der Waals surface area contributed by atoms with Crippen LogP contribution in [-0.2, 0) is 0 Å². The molecule has 0 bridgehead atoms. The van der Waals surface area contributed by atoms with Crippen molar-refractivity contribution >= 4 is 29.2 Å². The standard InChI is InChI=1S/C14H12ClN3O3/c1-9-4-2-3-5-12(9)17-16-8-10-6-11(15)7-13(14(10)19)18(20)21/h2-8,17,19H,1H3/p-1/b16-8-. The van der Waals surface area contributed by atoms with Crippen molar-refractivity contribution in [2.75, 3.05) is 5.43 Å². The highest BCUT2D eigenvalue weighted by atomic mass is 35.5. The summed E-state index contributed by atoms with van der Waals surface area (Å²) in [6.45, 7) is 1.90. The number of nitro groups is 1. The van der Waals surface area contributed by atoms with Crippen molar-refractivity contribution in [1.82, 2.24) is 0 Å². The van der Waals surface area contributed by atoms with Gasteiger partial charge in [0, 0.05) is 11.1 Å². The molecule has 2 aromatic carbocycles. The van der Waals surface area contributed by atoms with E-state index in [1.165, 1.54) is 12.3 Å². The van der Waals surface area contributed by atoms with E-state index in [0.29, 0.717) is 0 Å². The van der Waals surface area contributed by atoms with Crippen molar-refractivity contribution in [3.63, 3.8) is 0 Å². The summed E-state index contributed by atoms with van der Waals surface area (Å²) in [4.78, 5) is 9.99. The molecule has 0 fully saturated rings. The highest BCUT2D eigenvalue weighted by Crippen LogP contribution is 2.30. The Morgan fingerprint density at radius 1 is 1.33 bits per heavy atom. The summed E-state index contributed by atoms with van der Waals surface area (Å²) in [6.07, 6.45) is 1.22. The molecular weight excluding hydrogens is 294 g/mol. The van der Waals surface area contributed by atoms with Gasteiger partial charge in [-0.25, -0.2) is 0 Å². The lowest BCUT2D eigenvalue weighted by Crippen LogP contribution is -2.03. The first-order valence-electron chi connectivity index (χ1n) is 5.98. The van der Waals surface area contributed by atoms with E-state index in [1.807, 2.05) is 31.2 Å². The number of hydrazone groups is 1. The van der Waals surface area contributed by atoms with Crippen LogP contribution in [0.25, 0.3) is 0 Å². The molecule has 21 heavy (non-hydrogen) atoms. The first-order valence-corrected chi connectivity index (χ1v) is 6.36. The molecule has 0 saturated carbocycles. The number of nitrogens with one attached hydrogen (secondary N) is 1. The van der Waals surface area contributed by atoms with Crippen LogP contribution in [0.5, 0.6) is 5.75 Å². The SMILES string of the molecule is Cc1ccccc1N/N=C\c1cc(Cl)cc([N+](=O)[O-])c1[O-]. The Bertz CT molecular complexity index is 717. The van der Waals surface area contributed by atoms with Crippen LogP contribution >= 0.6 is 11.6 Å². The number of para-hydroxylation sites is 1. The number of hydrogen-bond donors (Lipinski definition) is 1. The Morgan fingerprint density at radius 3 is 2.71 bits per heavy atom. The Labute approximate surface area is 125 Å². The van der Waals surface area contributed by atoms with Gasteiger partial charge in [-0.2, -0.15) is 5.10 Å². The number of halogens is 1. The van der Waals surface area contributed by atoms with Gasteiger partial charge in [-0.15, -0.1) is 0 Å². The number of hydrogen-bond acceptors (Lipinski definition) is 5. The van der Waals surface area contributed by atoms with Gasteiger partial charge in [-0.3, -0.25) is 15.5 Å². The van der Waals surface area contributed by atoms with E-state index >= 15 is 0 Å². The Morgan fingerprint density at radius 2 is 2.05 bits per heavy atom. The molecule has 7 heteroatoms. The van der Waals surface area contributed by atoms with Gasteiger partial charge in [0.2, 0.25) is 0 Å². The van der Waals surface area contributed by atoms with Crippen LogP contribution in [0.2, 0.25) is 5.02 Å². The summed E-state index contributed by atoms with van der Waals surface area (Å²) in [5, 5.41) is 26.6. The second-order valence-electron chi connectivity index (χ2n) is 4.29. The third kappa shape index (κ3) is 3.49. The molecule has 0 aliphatic rings. The van der Waals surface area contributed by atoms with E-state index in [1.54, 1.807) is 0 Å². The van der Waals surface area contributed by atoms with Gasteiger partial charge >= 0.3 is 0 Å². The average molecular weight is 305 g/mol. The largest absolute Gasteiger partial charge is 0.867 e. The minimum absolute atomic E-state index is 0.0512. The van der Waals surface area contributed by atoms with Crippen LogP contribution in [0.3, 0.4) is 0 Å². The number of aryl methyl sites for hydroxylation is 1. The third-order valence-electron chi connectivity index (χ3n) is 2.79. The minimum Gasteiger partial charge on any atom is -0.867 e. The van der Waals surface area contributed by atoms with Gasteiger partial charge in [0.05, 0.1) is 16.8 Å². The van der Waals surface area contributed by atoms with Crippen molar-refractivity contribution in [2.24, 2.45) is 5.10 Å². The fourth-order valence-electron chi connectivity index (χ4n) is 1.70. The number of benzene rings is 2. The highest BCUT2D eigenvalue weighted by molar-refractivity contribution is 6.31. The molecule has 0 aromatic heterocycles. The van der Waals surface area contributed by atoms with E-state index < -0.39 is 16.4 Å². The Hall–Kier alpha value is -2.60. The summed E-state index contributed by atoms with van der Waals surface area (Å²) in [5.41, 5.74) is 4.01. The summed E-state index contributed by atoms with van der Waals surface area (Å²) < 4.78 is 0. The summed E-state index contributed by atoms with van der Waals surface area (Å²) in [5.74, 6) is -0.722. The first kappa shape index (κ1) is 14.8. The number of nitrogens with zero attached hydrogens (tertiary/aromatic N) is 2. The van der Waals surface area contributed by atoms with Crippen molar-refractivity contribution in [3.8, 4) is 5.75 Å². The van der Waals surface area contributed by atoms with Crippen LogP contribution in [0.1, 0.15) is 11.1 Å². The van der Waals surface area contributed by atoms with Crippen LogP contribution in [0, 0.1) is 17.0 Å². The fourth-order valence-corrected chi connectivity index (χ4v) is 1.92. The lowest BCUT2D eigenvalue weighted by atomic mass is 10.2. The van der Waals surface area contributed by atoms with E-state index in [9.17, 15) is 15.2 Å². The Balaban J connectivity index is 2.26. The molecule has 0 radical (unpaired) electrons. The maximum absolute atomic E-state index is 11.9. The molecule has 2 aromatic rings. The van der Waals surface area contributed by atoms with Gasteiger partial charge in [-0.1, -0.05) is 29.8 Å². The lowest BCUT2D eigenvalue weighted by Gasteiger charge is -2.11. The van der Waals surface area contributed by atoms with E-state index in [2.05, 4.69) is 10.5 Å². The van der Waals surface area contributed by atoms with Gasteiger partial charge in [-0.05, 0) is 35.9 Å². The molecule has 0 aliphatic heterocycles. The molecule has 0 spiro atoms. The number of nitro benzene ring substituents is 1. The summed E-state index contributed by atoms with van der Waals surface area (Å²) >= 11 is 5.76. The van der Waals surface area contributed by atoms with Crippen molar-refractivity contribution in [2.45, 2.75) is 6.92 Å². The molecular formula is C14H11ClN3O3-. The van der Waals surface area contributed by atoms with Gasteiger partial charge in [0.1, 0.15) is 0 Å². The topological polar surface area (TPSA) is 90.6 Å². The molecule has 0 amide bonds. The molecule has 0 aliphatic carbocycles. The molecule has 0 saturated heterocycles. The smallest absolute Gasteiger partial charge is 0.263 e. The predicted molar refractivity (Wildman–Crippen MR) is 79.9 cm³/mol. The molecule has 0 unspecified atom stereocenters. The lowest BCUT2D eigenvalue weighted by molar-refractivity contribution is -0.398. The molecule has 108 valence electrons. The van der Waals surface area contributed by atoms with Gasteiger partial charge in [0.25, 0.3) is 5.69 Å². The predicted octanol–water partition coefficient (Wildman–Crippen LogP) is 3.08. The maximum Gasteiger partial charge on any atom is 0.263 e. The first-order chi connectivity index (χ1) is 9.99. The van der Waals surface area contributed by atoms with Crippen LogP contribution in [0.4, 0.5) is 11.4 Å². The monoisotopic (exact) mass is 304 g/mol. The third-order valence-corrected chi connectivity index (χ3v) is 3.01. The fraction of sp³-hybridized carbons (Fsp3) is 0.0714. The second-order valence-corrected chi connectivity index (χ2v) is 4.72. The summed E-state index contributed by atoms with van der Waals surface area (Å²) in [7, 11) is 0. The van der Waals surface area contributed by atoms with Crippen LogP contribution in [-0.4, -0.2) is 11.1 Å². The van der Waals surface area contributed by atoms with Gasteiger partial charge in [0.15, 0.2) is 0 Å². The quantitative estimate of drug-likeness (QED) is 0.534. The number of rotatable bonds is 4. The molecule has 2 rings (SSSR count). The normalized spacial score (nSPS) is 10.8. The Kier molecular flexibility index (Phi) is 4.39. The highest BCUT2D eigenvalue weighted by Gasteiger charge is 2.11. The minimum atomic E-state index is -0.764. The molecule has 6 nitrogen and oxygen atoms in total. The van der Waals surface area contributed by atoms with Crippen LogP contribution < -0.4 is 10.5 Å². The second kappa shape index (κ2) is 6.23. The zero-order chi connectivity index (χ0) is 15.4. The van der Waals surface area contributed by atoms with E-state index in [0.717, 1.165) is 17.3 Å². The zero-order valence-electron chi connectivity index (χ0n) is 11.0. The average Bonchev–Trinajstić information content (AvgIpc) is 2.44. The van der Waals surface area contributed by atoms with Gasteiger partial charge < -0.3 is 5.11 Å². The molecule has 0 heterocycles. The molecule has 1 N–H and O–H groups in total.